The average molecular weight is 658 g/mol. The number of alkyl halides is 1. The number of aromatic carboxylic acids is 2. The molecule has 0 aliphatic carbocycles. The van der Waals surface area contributed by atoms with Gasteiger partial charge in [-0.05, 0) is 24.3 Å². The van der Waals surface area contributed by atoms with Crippen molar-refractivity contribution in [1.82, 2.24) is 19.8 Å². The fraction of sp³-hybridized carbons (Fsp3) is 0.538. The van der Waals surface area contributed by atoms with Crippen LogP contribution in [0.15, 0.2) is 36.4 Å². The van der Waals surface area contributed by atoms with E-state index in [1.54, 1.807) is 12.1 Å². The normalized spacial score (nSPS) is 19.0. The van der Waals surface area contributed by atoms with Gasteiger partial charge in [-0.3, -0.25) is 9.80 Å². The van der Waals surface area contributed by atoms with Crippen LogP contribution in [0, 0.1) is 0 Å². The molecule has 1 aliphatic rings. The second-order valence-corrected chi connectivity index (χ2v) is 9.85. The lowest BCUT2D eigenvalue weighted by atomic mass is 10.3. The number of rotatable bonds is 6. The monoisotopic (exact) mass is 658 g/mol. The molecule has 3 heterocycles. The molecule has 13 heteroatoms. The molecule has 1 unspecified atom stereocenters. The van der Waals surface area contributed by atoms with E-state index in [2.05, 4.69) is 42.4 Å². The minimum Gasteiger partial charge on any atom is -0.477 e. The molecule has 214 valence electrons. The summed E-state index contributed by atoms with van der Waals surface area (Å²) < 4.78 is 23.0. The van der Waals surface area contributed by atoms with Gasteiger partial charge < -0.3 is 29.2 Å². The first-order valence-electron chi connectivity index (χ1n) is 12.7. The van der Waals surface area contributed by atoms with E-state index in [1.165, 1.54) is 12.1 Å². The summed E-state index contributed by atoms with van der Waals surface area (Å²) >= 11 is 2.26. The highest BCUT2D eigenvalue weighted by Crippen LogP contribution is 2.26. The van der Waals surface area contributed by atoms with Gasteiger partial charge in [0.1, 0.15) is 15.4 Å². The van der Waals surface area contributed by atoms with E-state index in [4.69, 9.17) is 18.9 Å². The molecule has 2 N–H and O–H groups in total. The molecule has 2 aromatic heterocycles. The lowest BCUT2D eigenvalue weighted by Crippen LogP contribution is -2.34. The van der Waals surface area contributed by atoms with E-state index in [0.29, 0.717) is 97.0 Å². The zero-order chi connectivity index (χ0) is 27.9. The molecule has 1 aliphatic heterocycles. The molecular weight excluding hydrogens is 623 g/mol. The van der Waals surface area contributed by atoms with Crippen LogP contribution in [0.3, 0.4) is 0 Å². The molecule has 3 rings (SSSR count). The summed E-state index contributed by atoms with van der Waals surface area (Å²) in [4.78, 5) is 35.3. The van der Waals surface area contributed by atoms with Gasteiger partial charge in [-0.2, -0.15) is 0 Å². The Morgan fingerprint density at radius 1 is 0.744 bits per heavy atom. The van der Waals surface area contributed by atoms with Crippen LogP contribution in [0.1, 0.15) is 36.4 Å². The third-order valence-electron chi connectivity index (χ3n) is 5.86. The SMILES string of the molecule is O=C(O)c1cccc(CN2CCOCCOCCN(C(I)c3cccc(C(=O)O)n3)CCOCCOCC2)n1. The Labute approximate surface area is 241 Å². The summed E-state index contributed by atoms with van der Waals surface area (Å²) in [6.07, 6.45) is 0. The highest BCUT2D eigenvalue weighted by molar-refractivity contribution is 14.1. The van der Waals surface area contributed by atoms with Crippen molar-refractivity contribution in [3.8, 4) is 0 Å². The third-order valence-corrected chi connectivity index (χ3v) is 7.29. The Balaban J connectivity index is 1.52. The van der Waals surface area contributed by atoms with Crippen molar-refractivity contribution >= 4 is 34.5 Å². The van der Waals surface area contributed by atoms with E-state index < -0.39 is 11.9 Å². The summed E-state index contributed by atoms with van der Waals surface area (Å²) in [7, 11) is 0. The standard InChI is InChI=1S/C26H35IN4O8/c27-24(21-4-2-6-23(29-21)26(34)35)31-9-13-38-17-15-36-11-7-30(8-12-37-16-18-39-14-10-31)19-20-3-1-5-22(28-20)25(32)33/h1-6,24H,7-19H2,(H,32,33)(H,34,35). The zero-order valence-corrected chi connectivity index (χ0v) is 23.9. The van der Waals surface area contributed by atoms with Gasteiger partial charge in [0, 0.05) is 32.7 Å². The van der Waals surface area contributed by atoms with E-state index in [1.807, 2.05) is 12.1 Å². The van der Waals surface area contributed by atoms with Gasteiger partial charge >= 0.3 is 11.9 Å². The summed E-state index contributed by atoms with van der Waals surface area (Å²) in [6, 6.07) is 9.98. The molecule has 2 aromatic rings. The zero-order valence-electron chi connectivity index (χ0n) is 21.7. The first-order chi connectivity index (χ1) is 18.9. The lowest BCUT2D eigenvalue weighted by Gasteiger charge is -2.27. The maximum atomic E-state index is 11.3. The Kier molecular flexibility index (Phi) is 14.0. The van der Waals surface area contributed by atoms with E-state index in [9.17, 15) is 19.8 Å². The van der Waals surface area contributed by atoms with Crippen molar-refractivity contribution < 1.29 is 38.7 Å². The molecule has 12 nitrogen and oxygen atoms in total. The maximum absolute atomic E-state index is 11.3. The number of carboxylic acid groups (broad SMARTS) is 2. The number of carboxylic acids is 2. The molecule has 0 radical (unpaired) electrons. The minimum absolute atomic E-state index is 0.0148. The Bertz CT molecular complexity index is 1030. The van der Waals surface area contributed by atoms with Crippen LogP contribution < -0.4 is 0 Å². The predicted octanol–water partition coefficient (Wildman–Crippen LogP) is 2.19. The number of pyridine rings is 2. The number of carbonyl (C=O) groups is 2. The van der Waals surface area contributed by atoms with Gasteiger partial charge in [-0.15, -0.1) is 0 Å². The maximum Gasteiger partial charge on any atom is 0.354 e. The quantitative estimate of drug-likeness (QED) is 0.267. The molecule has 1 saturated heterocycles. The van der Waals surface area contributed by atoms with Crippen molar-refractivity contribution in [2.45, 2.75) is 10.6 Å². The van der Waals surface area contributed by atoms with Crippen molar-refractivity contribution in [1.29, 1.82) is 0 Å². The molecule has 0 bridgehead atoms. The summed E-state index contributed by atoms with van der Waals surface area (Å²) in [6.45, 7) is 6.65. The Morgan fingerprint density at radius 3 is 1.77 bits per heavy atom. The van der Waals surface area contributed by atoms with E-state index in [0.717, 1.165) is 0 Å². The first-order valence-corrected chi connectivity index (χ1v) is 14.0. The number of aromatic nitrogens is 2. The van der Waals surface area contributed by atoms with Crippen LogP contribution in [0.5, 0.6) is 0 Å². The molecule has 39 heavy (non-hydrogen) atoms. The highest BCUT2D eigenvalue weighted by Gasteiger charge is 2.20. The number of ether oxygens (including phenoxy) is 4. The predicted molar refractivity (Wildman–Crippen MR) is 149 cm³/mol. The smallest absolute Gasteiger partial charge is 0.354 e. The van der Waals surface area contributed by atoms with E-state index in [-0.39, 0.29) is 15.4 Å². The Morgan fingerprint density at radius 2 is 1.23 bits per heavy atom. The van der Waals surface area contributed by atoms with Crippen molar-refractivity contribution in [3.63, 3.8) is 0 Å². The van der Waals surface area contributed by atoms with Gasteiger partial charge in [0.05, 0.1) is 64.2 Å². The van der Waals surface area contributed by atoms with Crippen LogP contribution in [-0.2, 0) is 25.5 Å². The van der Waals surface area contributed by atoms with Crippen molar-refractivity contribution in [2.75, 3.05) is 79.0 Å². The largest absolute Gasteiger partial charge is 0.477 e. The molecule has 1 atom stereocenters. The summed E-state index contributed by atoms with van der Waals surface area (Å²) in [5, 5.41) is 18.5. The van der Waals surface area contributed by atoms with Crippen LogP contribution in [0.25, 0.3) is 0 Å². The first kappa shape index (κ1) is 31.3. The minimum atomic E-state index is -1.06. The number of hydrogen-bond donors (Lipinski definition) is 2. The molecule has 0 amide bonds. The number of halogens is 1. The summed E-state index contributed by atoms with van der Waals surface area (Å²) in [5.41, 5.74) is 1.37. The van der Waals surface area contributed by atoms with Crippen molar-refractivity contribution in [2.24, 2.45) is 0 Å². The van der Waals surface area contributed by atoms with Gasteiger partial charge in [0.15, 0.2) is 0 Å². The van der Waals surface area contributed by atoms with Gasteiger partial charge in [0.25, 0.3) is 0 Å². The molecule has 0 saturated carbocycles. The van der Waals surface area contributed by atoms with Crippen LogP contribution in [-0.4, -0.2) is 121 Å². The molecule has 0 spiro atoms. The molecular formula is C26H35IN4O8. The van der Waals surface area contributed by atoms with Crippen LogP contribution >= 0.6 is 22.6 Å². The molecule has 1 fully saturated rings. The topological polar surface area (TPSA) is 144 Å². The lowest BCUT2D eigenvalue weighted by molar-refractivity contribution is 0.00618. The number of hydrogen-bond acceptors (Lipinski definition) is 10. The summed E-state index contributed by atoms with van der Waals surface area (Å²) in [5.74, 6) is -2.11. The molecule has 0 aromatic carbocycles. The second-order valence-electron chi connectivity index (χ2n) is 8.67. The Hall–Kier alpha value is -2.27. The fourth-order valence-electron chi connectivity index (χ4n) is 3.81. The average Bonchev–Trinajstić information content (AvgIpc) is 2.93. The number of nitrogens with zero attached hydrogens (tertiary/aromatic N) is 4. The van der Waals surface area contributed by atoms with Crippen molar-refractivity contribution in [3.05, 3.63) is 59.2 Å². The fourth-order valence-corrected chi connectivity index (χ4v) is 4.71. The van der Waals surface area contributed by atoms with Gasteiger partial charge in [0.2, 0.25) is 0 Å². The van der Waals surface area contributed by atoms with Gasteiger partial charge in [-0.1, -0.05) is 34.7 Å². The van der Waals surface area contributed by atoms with E-state index >= 15 is 0 Å². The van der Waals surface area contributed by atoms with Crippen LogP contribution in [0.2, 0.25) is 0 Å². The van der Waals surface area contributed by atoms with Crippen LogP contribution in [0.4, 0.5) is 0 Å². The third kappa shape index (κ3) is 11.4. The highest BCUT2D eigenvalue weighted by atomic mass is 127. The second kappa shape index (κ2) is 17.4. The van der Waals surface area contributed by atoms with Gasteiger partial charge in [-0.25, -0.2) is 19.6 Å².